The van der Waals surface area contributed by atoms with Crippen LogP contribution in [0.25, 0.3) is 21.6 Å². The van der Waals surface area contributed by atoms with Gasteiger partial charge in [0, 0.05) is 17.8 Å². The maximum Gasteiger partial charge on any atom is 0.280 e. The molecule has 138 valence electrons. The first-order chi connectivity index (χ1) is 12.3. The molecule has 0 unspecified atom stereocenters. The van der Waals surface area contributed by atoms with E-state index in [4.69, 9.17) is 10.3 Å². The van der Waals surface area contributed by atoms with E-state index < -0.39 is 35.5 Å². The highest BCUT2D eigenvalue weighted by molar-refractivity contribution is 5.87. The Kier molecular flexibility index (Phi) is 4.38. The molecule has 0 bridgehead atoms. The number of carbonyl (C=O) groups excluding carboxylic acids is 1. The van der Waals surface area contributed by atoms with Crippen LogP contribution in [0.5, 0.6) is 0 Å². The fraction of sp³-hybridized carbons (Fsp3) is 0.571. The van der Waals surface area contributed by atoms with Gasteiger partial charge in [0.05, 0.1) is 6.33 Å². The topological polar surface area (TPSA) is 151 Å². The summed E-state index contributed by atoms with van der Waals surface area (Å²) in [5.74, 6) is -1.24. The molecule has 0 spiro atoms. The standard InChI is InChI=1S/C14H17FN8O3/c1-4-14(21-22-16)6(2)8(15)12(26-14)23-5-17-9-10(23)19-13(18-7(3)24)20-11(9)25/h5-6,8,12H,4H2,1-3H3,(H2,18,19,20,24,25)/t6-,8+,12+,14+/m0/s1. The molecule has 2 aromatic heterocycles. The number of ether oxygens (including phenoxy) is 1. The SMILES string of the molecule is CC[C@@]1(N=[N+]=[N-])O[C@@H](n2cnc3c(=O)[nH]c(NC(C)=O)nc32)[C@H](F)[C@@H]1C. The van der Waals surface area contributed by atoms with Gasteiger partial charge < -0.3 is 4.74 Å². The number of amides is 1. The third kappa shape index (κ3) is 2.68. The van der Waals surface area contributed by atoms with E-state index in [9.17, 15) is 14.0 Å². The highest BCUT2D eigenvalue weighted by Gasteiger charge is 2.53. The summed E-state index contributed by atoms with van der Waals surface area (Å²) >= 11 is 0. The number of nitrogens with one attached hydrogen (secondary N) is 2. The van der Waals surface area contributed by atoms with Crippen molar-refractivity contribution in [3.05, 3.63) is 27.1 Å². The van der Waals surface area contributed by atoms with Crippen molar-refractivity contribution >= 4 is 23.0 Å². The van der Waals surface area contributed by atoms with Crippen molar-refractivity contribution in [3.8, 4) is 0 Å². The Morgan fingerprint density at radius 1 is 1.65 bits per heavy atom. The summed E-state index contributed by atoms with van der Waals surface area (Å²) in [6.45, 7) is 4.57. The second-order valence-corrected chi connectivity index (χ2v) is 6.05. The van der Waals surface area contributed by atoms with Crippen LogP contribution in [0.1, 0.15) is 33.4 Å². The average Bonchev–Trinajstić information content (AvgIpc) is 3.10. The monoisotopic (exact) mass is 364 g/mol. The van der Waals surface area contributed by atoms with Gasteiger partial charge in [0.25, 0.3) is 5.56 Å². The van der Waals surface area contributed by atoms with Crippen LogP contribution >= 0.6 is 0 Å². The predicted octanol–water partition coefficient (Wildman–Crippen LogP) is 2.00. The van der Waals surface area contributed by atoms with Gasteiger partial charge in [-0.25, -0.2) is 9.37 Å². The lowest BCUT2D eigenvalue weighted by molar-refractivity contribution is -0.114. The van der Waals surface area contributed by atoms with E-state index in [0.29, 0.717) is 0 Å². The van der Waals surface area contributed by atoms with Crippen molar-refractivity contribution in [2.24, 2.45) is 11.0 Å². The Hall–Kier alpha value is -2.98. The summed E-state index contributed by atoms with van der Waals surface area (Å²) in [5.41, 5.74) is 6.89. The smallest absolute Gasteiger partial charge is 0.280 e. The molecule has 4 atom stereocenters. The predicted molar refractivity (Wildman–Crippen MR) is 88.8 cm³/mol. The number of carbonyl (C=O) groups is 1. The summed E-state index contributed by atoms with van der Waals surface area (Å²) in [6.07, 6.45) is -1.20. The number of halogens is 1. The third-order valence-electron chi connectivity index (χ3n) is 4.51. The van der Waals surface area contributed by atoms with Gasteiger partial charge in [0.1, 0.15) is 0 Å². The Balaban J connectivity index is 2.11. The number of aromatic amines is 1. The lowest BCUT2D eigenvalue weighted by atomic mass is 9.94. The summed E-state index contributed by atoms with van der Waals surface area (Å²) in [5, 5.41) is 6.02. The molecule has 1 amide bonds. The van der Waals surface area contributed by atoms with E-state index in [1.54, 1.807) is 13.8 Å². The minimum absolute atomic E-state index is 0.0275. The number of azide groups is 1. The second-order valence-electron chi connectivity index (χ2n) is 6.05. The van der Waals surface area contributed by atoms with Crippen molar-refractivity contribution in [2.45, 2.75) is 45.3 Å². The van der Waals surface area contributed by atoms with Crippen LogP contribution in [-0.2, 0) is 9.53 Å². The molecule has 0 aliphatic carbocycles. The van der Waals surface area contributed by atoms with Gasteiger partial charge in [-0.2, -0.15) is 4.98 Å². The van der Waals surface area contributed by atoms with E-state index in [0.717, 1.165) is 0 Å². The molecule has 2 N–H and O–H groups in total. The van der Waals surface area contributed by atoms with Crippen LogP contribution in [-0.4, -0.2) is 37.3 Å². The number of hydrogen-bond donors (Lipinski definition) is 2. The maximum absolute atomic E-state index is 14.9. The zero-order chi connectivity index (χ0) is 19.1. The number of alkyl halides is 1. The molecular formula is C14H17FN8O3. The van der Waals surface area contributed by atoms with Crippen LogP contribution in [0.15, 0.2) is 16.2 Å². The van der Waals surface area contributed by atoms with Crippen LogP contribution in [0.4, 0.5) is 10.3 Å². The number of anilines is 1. The third-order valence-corrected chi connectivity index (χ3v) is 4.51. The van der Waals surface area contributed by atoms with Gasteiger partial charge in [-0.1, -0.05) is 19.0 Å². The number of rotatable bonds is 4. The van der Waals surface area contributed by atoms with Crippen molar-refractivity contribution < 1.29 is 13.9 Å². The first-order valence-corrected chi connectivity index (χ1v) is 7.95. The van der Waals surface area contributed by atoms with Gasteiger partial charge in [-0.3, -0.25) is 24.5 Å². The first-order valence-electron chi connectivity index (χ1n) is 7.95. The largest absolute Gasteiger partial charge is 0.342 e. The summed E-state index contributed by atoms with van der Waals surface area (Å²) < 4.78 is 22.0. The maximum atomic E-state index is 14.9. The zero-order valence-corrected chi connectivity index (χ0v) is 14.3. The molecule has 1 saturated heterocycles. The molecule has 1 aliphatic heterocycles. The molecule has 0 saturated carbocycles. The molecular weight excluding hydrogens is 347 g/mol. The van der Waals surface area contributed by atoms with Crippen molar-refractivity contribution in [1.82, 2.24) is 19.5 Å². The molecule has 3 heterocycles. The van der Waals surface area contributed by atoms with Gasteiger partial charge in [0.15, 0.2) is 29.3 Å². The molecule has 0 radical (unpaired) electrons. The number of hydrogen-bond acceptors (Lipinski definition) is 6. The van der Waals surface area contributed by atoms with Gasteiger partial charge in [-0.05, 0) is 12.0 Å². The average molecular weight is 364 g/mol. The summed E-state index contributed by atoms with van der Waals surface area (Å²) in [6, 6.07) is 0. The minimum atomic E-state index is -1.52. The second kappa shape index (κ2) is 6.39. The Bertz CT molecular complexity index is 965. The number of fused-ring (bicyclic) bond motifs is 1. The normalized spacial score (nSPS) is 28.1. The summed E-state index contributed by atoms with van der Waals surface area (Å²) in [7, 11) is 0. The fourth-order valence-electron chi connectivity index (χ4n) is 3.09. The number of aromatic nitrogens is 4. The molecule has 26 heavy (non-hydrogen) atoms. The Morgan fingerprint density at radius 2 is 2.38 bits per heavy atom. The lowest BCUT2D eigenvalue weighted by Crippen LogP contribution is -2.32. The first kappa shape index (κ1) is 17.8. The minimum Gasteiger partial charge on any atom is -0.342 e. The summed E-state index contributed by atoms with van der Waals surface area (Å²) in [4.78, 5) is 36.6. The number of imidazole rings is 1. The molecule has 2 aromatic rings. The number of H-pyrrole nitrogens is 1. The quantitative estimate of drug-likeness (QED) is 0.483. The van der Waals surface area contributed by atoms with E-state index in [2.05, 4.69) is 30.3 Å². The van der Waals surface area contributed by atoms with E-state index in [-0.39, 0.29) is 23.5 Å². The highest BCUT2D eigenvalue weighted by Crippen LogP contribution is 2.46. The van der Waals surface area contributed by atoms with Gasteiger partial charge in [-0.15, -0.1) is 0 Å². The van der Waals surface area contributed by atoms with Gasteiger partial charge >= 0.3 is 0 Å². The molecule has 0 aromatic carbocycles. The van der Waals surface area contributed by atoms with E-state index in [1.807, 2.05) is 0 Å². The zero-order valence-electron chi connectivity index (χ0n) is 14.3. The van der Waals surface area contributed by atoms with Crippen molar-refractivity contribution in [2.75, 3.05) is 5.32 Å². The van der Waals surface area contributed by atoms with Crippen molar-refractivity contribution in [3.63, 3.8) is 0 Å². The Labute approximate surface area is 146 Å². The molecule has 12 heteroatoms. The molecule has 1 fully saturated rings. The Morgan fingerprint density at radius 3 is 3.00 bits per heavy atom. The highest BCUT2D eigenvalue weighted by atomic mass is 19.1. The van der Waals surface area contributed by atoms with Crippen LogP contribution in [0, 0.1) is 5.92 Å². The van der Waals surface area contributed by atoms with E-state index >= 15 is 0 Å². The lowest BCUT2D eigenvalue weighted by Gasteiger charge is -2.25. The molecule has 3 rings (SSSR count). The van der Waals surface area contributed by atoms with Gasteiger partial charge in [0.2, 0.25) is 11.9 Å². The van der Waals surface area contributed by atoms with Crippen LogP contribution in [0.2, 0.25) is 0 Å². The van der Waals surface area contributed by atoms with E-state index in [1.165, 1.54) is 17.8 Å². The molecule has 11 nitrogen and oxygen atoms in total. The number of nitrogens with zero attached hydrogens (tertiary/aromatic N) is 6. The molecule has 1 aliphatic rings. The fourth-order valence-corrected chi connectivity index (χ4v) is 3.09. The van der Waals surface area contributed by atoms with Crippen molar-refractivity contribution in [1.29, 1.82) is 0 Å². The van der Waals surface area contributed by atoms with Crippen LogP contribution in [0.3, 0.4) is 0 Å². The van der Waals surface area contributed by atoms with Crippen LogP contribution < -0.4 is 10.9 Å².